The van der Waals surface area contributed by atoms with Crippen molar-refractivity contribution in [3.63, 3.8) is 0 Å². The zero-order valence-electron chi connectivity index (χ0n) is 14.2. The van der Waals surface area contributed by atoms with E-state index in [0.29, 0.717) is 6.54 Å². The van der Waals surface area contributed by atoms with Crippen molar-refractivity contribution in [2.45, 2.75) is 24.6 Å². The van der Waals surface area contributed by atoms with Gasteiger partial charge in [0.2, 0.25) is 0 Å². The first-order valence-electron chi connectivity index (χ1n) is 8.67. The molecule has 25 heavy (non-hydrogen) atoms. The molecular formula is C22H23ClN2. The summed E-state index contributed by atoms with van der Waals surface area (Å²) in [5.74, 6) is 0. The molecule has 0 aliphatic heterocycles. The zero-order chi connectivity index (χ0) is 17.5. The molecule has 1 aromatic rings. The monoisotopic (exact) mass is 350 g/mol. The van der Waals surface area contributed by atoms with E-state index in [1.54, 1.807) is 0 Å². The van der Waals surface area contributed by atoms with Crippen molar-refractivity contribution in [1.29, 1.82) is 0 Å². The van der Waals surface area contributed by atoms with Crippen molar-refractivity contribution >= 4 is 17.3 Å². The molecule has 2 nitrogen and oxygen atoms in total. The lowest BCUT2D eigenvalue weighted by molar-refractivity contribution is 0.962. The number of nitrogens with two attached hydrogens (primary N) is 1. The molecule has 0 amide bonds. The second-order valence-electron chi connectivity index (χ2n) is 6.22. The molecule has 0 saturated carbocycles. The van der Waals surface area contributed by atoms with Gasteiger partial charge in [0, 0.05) is 5.70 Å². The van der Waals surface area contributed by atoms with Gasteiger partial charge < -0.3 is 5.73 Å². The number of aliphatic imine (C=N–C) groups is 1. The van der Waals surface area contributed by atoms with Crippen LogP contribution in [-0.4, -0.2) is 17.6 Å². The van der Waals surface area contributed by atoms with Gasteiger partial charge in [-0.3, -0.25) is 4.99 Å². The van der Waals surface area contributed by atoms with Crippen LogP contribution in [0.4, 0.5) is 0 Å². The molecule has 2 aliphatic rings. The Kier molecular flexibility index (Phi) is 6.08. The van der Waals surface area contributed by atoms with Gasteiger partial charge in [0.25, 0.3) is 0 Å². The lowest BCUT2D eigenvalue weighted by Gasteiger charge is -2.12. The molecule has 2 N–H and O–H groups in total. The highest BCUT2D eigenvalue weighted by molar-refractivity contribution is 6.22. The maximum atomic E-state index is 6.35. The predicted octanol–water partition coefficient (Wildman–Crippen LogP) is 5.09. The van der Waals surface area contributed by atoms with Gasteiger partial charge in [-0.05, 0) is 42.0 Å². The average Bonchev–Trinajstić information content (AvgIpc) is 2.67. The first-order chi connectivity index (χ1) is 12.2. The Hall–Kier alpha value is -2.32. The van der Waals surface area contributed by atoms with E-state index in [4.69, 9.17) is 22.3 Å². The fraction of sp³-hybridized carbons (Fsp3) is 0.227. The van der Waals surface area contributed by atoms with E-state index in [2.05, 4.69) is 42.5 Å². The molecule has 0 radical (unpaired) electrons. The largest absolute Gasteiger partial charge is 0.398 e. The van der Waals surface area contributed by atoms with Crippen LogP contribution in [0.5, 0.6) is 0 Å². The van der Waals surface area contributed by atoms with E-state index in [1.165, 1.54) is 11.1 Å². The number of alkyl halides is 1. The first kappa shape index (κ1) is 17.5. The summed E-state index contributed by atoms with van der Waals surface area (Å²) in [6.07, 6.45) is 17.4. The number of benzene rings is 1. The maximum absolute atomic E-state index is 6.35. The Morgan fingerprint density at radius 3 is 2.80 bits per heavy atom. The molecule has 1 atom stereocenters. The fourth-order valence-corrected chi connectivity index (χ4v) is 3.01. The van der Waals surface area contributed by atoms with Gasteiger partial charge in [0.05, 0.1) is 17.6 Å². The third kappa shape index (κ3) is 5.07. The molecule has 1 aromatic carbocycles. The Balaban J connectivity index is 1.85. The van der Waals surface area contributed by atoms with Crippen molar-refractivity contribution in [3.8, 4) is 0 Å². The van der Waals surface area contributed by atoms with Gasteiger partial charge in [-0.1, -0.05) is 66.8 Å². The Bertz CT molecular complexity index is 780. The smallest absolute Gasteiger partial charge is 0.0671 e. The number of nitrogens with zero attached hydrogens (tertiary/aromatic N) is 1. The molecule has 0 saturated heterocycles. The number of hydrogen-bond donors (Lipinski definition) is 1. The second kappa shape index (κ2) is 8.68. The molecule has 0 aromatic heterocycles. The van der Waals surface area contributed by atoms with E-state index >= 15 is 0 Å². The van der Waals surface area contributed by atoms with Gasteiger partial charge in [-0.2, -0.15) is 0 Å². The normalized spacial score (nSPS) is 21.1. The van der Waals surface area contributed by atoms with Crippen LogP contribution in [0.1, 0.15) is 24.8 Å². The second-order valence-corrected chi connectivity index (χ2v) is 6.78. The van der Waals surface area contributed by atoms with Gasteiger partial charge in [0.15, 0.2) is 0 Å². The van der Waals surface area contributed by atoms with Crippen LogP contribution >= 0.6 is 11.6 Å². The first-order valence-corrected chi connectivity index (χ1v) is 9.10. The Morgan fingerprint density at radius 1 is 1.28 bits per heavy atom. The molecule has 0 spiro atoms. The summed E-state index contributed by atoms with van der Waals surface area (Å²) in [5, 5.41) is 0.100. The molecule has 128 valence electrons. The standard InChI is InChI=1S/C22H23ClN2/c23-20-13-11-17(12-14-20)16-25-22(19-9-5-2-6-10-19)15-21(24)18-7-3-1-4-8-18/h1-3,5-7,9-13,15,20H,4,8,14,16,24H2/b21-15-,25-22+. The molecule has 0 fully saturated rings. The lowest BCUT2D eigenvalue weighted by Crippen LogP contribution is -2.08. The van der Waals surface area contributed by atoms with Crippen LogP contribution in [0.3, 0.4) is 0 Å². The quantitative estimate of drug-likeness (QED) is 0.583. The summed E-state index contributed by atoms with van der Waals surface area (Å²) >= 11 is 6.09. The van der Waals surface area contributed by atoms with Crippen LogP contribution in [-0.2, 0) is 0 Å². The van der Waals surface area contributed by atoms with Crippen molar-refractivity contribution in [2.75, 3.05) is 6.54 Å². The third-order valence-corrected chi connectivity index (χ3v) is 4.63. The fourth-order valence-electron chi connectivity index (χ4n) is 2.84. The van der Waals surface area contributed by atoms with Crippen molar-refractivity contribution in [2.24, 2.45) is 10.7 Å². The van der Waals surface area contributed by atoms with E-state index in [9.17, 15) is 0 Å². The summed E-state index contributed by atoms with van der Waals surface area (Å²) in [4.78, 5) is 4.83. The van der Waals surface area contributed by atoms with Crippen molar-refractivity contribution < 1.29 is 0 Å². The van der Waals surface area contributed by atoms with Gasteiger partial charge in [0.1, 0.15) is 0 Å². The van der Waals surface area contributed by atoms with Crippen LogP contribution in [0.25, 0.3) is 0 Å². The number of halogens is 1. The number of hydrogen-bond acceptors (Lipinski definition) is 2. The highest BCUT2D eigenvalue weighted by Gasteiger charge is 2.08. The van der Waals surface area contributed by atoms with Crippen molar-refractivity contribution in [1.82, 2.24) is 0 Å². The third-order valence-electron chi connectivity index (χ3n) is 4.30. The highest BCUT2D eigenvalue weighted by atomic mass is 35.5. The van der Waals surface area contributed by atoms with Crippen LogP contribution in [0.2, 0.25) is 0 Å². The SMILES string of the molecule is N/C(=C\C(=N/CC1=CCC(Cl)C=C1)c1ccccc1)C1=CC=CCC1. The minimum Gasteiger partial charge on any atom is -0.398 e. The molecule has 0 heterocycles. The topological polar surface area (TPSA) is 38.4 Å². The van der Waals surface area contributed by atoms with E-state index < -0.39 is 0 Å². The summed E-state index contributed by atoms with van der Waals surface area (Å²) in [6, 6.07) is 10.2. The summed E-state index contributed by atoms with van der Waals surface area (Å²) in [7, 11) is 0. The number of rotatable bonds is 5. The number of allylic oxidation sites excluding steroid dienone is 7. The van der Waals surface area contributed by atoms with Crippen LogP contribution in [0.15, 0.2) is 94.7 Å². The Labute approximate surface area is 154 Å². The average molecular weight is 351 g/mol. The predicted molar refractivity (Wildman–Crippen MR) is 108 cm³/mol. The van der Waals surface area contributed by atoms with Gasteiger partial charge in [-0.25, -0.2) is 0 Å². The van der Waals surface area contributed by atoms with Gasteiger partial charge in [-0.15, -0.1) is 11.6 Å². The molecule has 0 bridgehead atoms. The lowest BCUT2D eigenvalue weighted by atomic mass is 10.00. The summed E-state index contributed by atoms with van der Waals surface area (Å²) < 4.78 is 0. The molecule has 3 heteroatoms. The van der Waals surface area contributed by atoms with Crippen LogP contribution in [0, 0.1) is 0 Å². The maximum Gasteiger partial charge on any atom is 0.0671 e. The molecule has 3 rings (SSSR count). The van der Waals surface area contributed by atoms with E-state index in [0.717, 1.165) is 36.2 Å². The van der Waals surface area contributed by atoms with Crippen LogP contribution < -0.4 is 5.73 Å². The van der Waals surface area contributed by atoms with E-state index in [-0.39, 0.29) is 5.38 Å². The van der Waals surface area contributed by atoms with E-state index in [1.807, 2.05) is 30.4 Å². The molecular weight excluding hydrogens is 328 g/mol. The van der Waals surface area contributed by atoms with Gasteiger partial charge >= 0.3 is 0 Å². The minimum absolute atomic E-state index is 0.100. The highest BCUT2D eigenvalue weighted by Crippen LogP contribution is 2.19. The summed E-state index contributed by atoms with van der Waals surface area (Å²) in [5.41, 5.74) is 11.5. The minimum atomic E-state index is 0.100. The summed E-state index contributed by atoms with van der Waals surface area (Å²) in [6.45, 7) is 0.632. The zero-order valence-corrected chi connectivity index (χ0v) is 15.0. The van der Waals surface area contributed by atoms with Crippen molar-refractivity contribution in [3.05, 3.63) is 95.3 Å². The molecule has 2 aliphatic carbocycles. The molecule has 1 unspecified atom stereocenters. The Morgan fingerprint density at radius 2 is 2.12 bits per heavy atom.